The van der Waals surface area contributed by atoms with Gasteiger partial charge in [-0.1, -0.05) is 50.5 Å². The zero-order valence-corrected chi connectivity index (χ0v) is 12.8. The first-order chi connectivity index (χ1) is 7.16. The van der Waals surface area contributed by atoms with Crippen LogP contribution in [-0.4, -0.2) is 17.3 Å². The Bertz CT molecular complexity index is 272. The maximum absolute atomic E-state index is 12.1. The van der Waals surface area contributed by atoms with Crippen molar-refractivity contribution in [3.8, 4) is 0 Å². The lowest BCUT2D eigenvalue weighted by atomic mass is 10.0. The first-order valence-electron chi connectivity index (χ1n) is 6.02. The van der Waals surface area contributed by atoms with Crippen molar-refractivity contribution >= 4 is 21.8 Å². The van der Waals surface area contributed by atoms with E-state index in [1.54, 1.807) is 0 Å². The summed E-state index contributed by atoms with van der Waals surface area (Å²) in [6, 6.07) is 0.235. The Labute approximate surface area is 108 Å². The van der Waals surface area contributed by atoms with Gasteiger partial charge in [-0.15, -0.1) is 0 Å². The molecule has 0 spiro atoms. The van der Waals surface area contributed by atoms with Crippen LogP contribution in [-0.2, 0) is 4.79 Å². The van der Waals surface area contributed by atoms with E-state index in [1.807, 2.05) is 0 Å². The number of nitrogens with one attached hydrogen (secondary N) is 1. The first-order valence-corrected chi connectivity index (χ1v) is 7.14. The van der Waals surface area contributed by atoms with E-state index < -0.39 is 0 Å². The fraction of sp³-hybridized carbons (Fsp3) is 0.923. The van der Waals surface area contributed by atoms with Gasteiger partial charge in [0.25, 0.3) is 0 Å². The fourth-order valence-electron chi connectivity index (χ4n) is 2.44. The largest absolute Gasteiger partial charge is 0.353 e. The highest BCUT2D eigenvalue weighted by atomic mass is 79.9. The van der Waals surface area contributed by atoms with Gasteiger partial charge >= 0.3 is 0 Å². The molecule has 0 radical (unpaired) electrons. The molecule has 94 valence electrons. The summed E-state index contributed by atoms with van der Waals surface area (Å²) in [6.07, 6.45) is 0. The molecule has 0 aliphatic heterocycles. The molecular formula is C13H24BrNO. The van der Waals surface area contributed by atoms with E-state index >= 15 is 0 Å². The molecule has 0 aromatic rings. The Balaban J connectivity index is 2.56. The van der Waals surface area contributed by atoms with E-state index in [2.05, 4.69) is 62.8 Å². The lowest BCUT2D eigenvalue weighted by Crippen LogP contribution is -2.39. The van der Waals surface area contributed by atoms with Gasteiger partial charge in [-0.25, -0.2) is 0 Å². The van der Waals surface area contributed by atoms with Crippen LogP contribution in [0.5, 0.6) is 0 Å². The van der Waals surface area contributed by atoms with E-state index in [0.717, 1.165) is 5.33 Å². The number of alkyl halides is 1. The predicted octanol–water partition coefficient (Wildman–Crippen LogP) is 3.20. The minimum Gasteiger partial charge on any atom is -0.353 e. The minimum atomic E-state index is 0.133. The molecule has 2 atom stereocenters. The lowest BCUT2D eigenvalue weighted by Gasteiger charge is -2.19. The Morgan fingerprint density at radius 3 is 2.00 bits per heavy atom. The van der Waals surface area contributed by atoms with Crippen LogP contribution in [0.4, 0.5) is 0 Å². The Hall–Kier alpha value is -0.0500. The summed E-state index contributed by atoms with van der Waals surface area (Å²) in [7, 11) is 0. The lowest BCUT2D eigenvalue weighted by molar-refractivity contribution is -0.124. The standard InChI is InChI=1S/C13H24BrNO/c1-8(7-14)9(2)15-11(16)10-12(3,4)13(10,5)6/h8-10H,7H2,1-6H3,(H,15,16). The highest BCUT2D eigenvalue weighted by Crippen LogP contribution is 2.68. The van der Waals surface area contributed by atoms with E-state index in [1.165, 1.54) is 0 Å². The van der Waals surface area contributed by atoms with Crippen molar-refractivity contribution < 1.29 is 4.79 Å². The molecule has 1 amide bonds. The SMILES string of the molecule is CC(CBr)C(C)NC(=O)C1C(C)(C)C1(C)C. The van der Waals surface area contributed by atoms with E-state index in [9.17, 15) is 4.79 Å². The van der Waals surface area contributed by atoms with Crippen molar-refractivity contribution in [1.29, 1.82) is 0 Å². The Kier molecular flexibility index (Phi) is 3.78. The molecule has 0 saturated heterocycles. The average molecular weight is 290 g/mol. The molecule has 3 heteroatoms. The summed E-state index contributed by atoms with van der Waals surface area (Å²) in [6.45, 7) is 12.9. The van der Waals surface area contributed by atoms with Crippen LogP contribution in [0.1, 0.15) is 41.5 Å². The molecule has 1 fully saturated rings. The van der Waals surface area contributed by atoms with Crippen molar-refractivity contribution in [2.24, 2.45) is 22.7 Å². The topological polar surface area (TPSA) is 29.1 Å². The number of carbonyl (C=O) groups excluding carboxylic acids is 1. The van der Waals surface area contributed by atoms with Crippen molar-refractivity contribution in [3.05, 3.63) is 0 Å². The highest BCUT2D eigenvalue weighted by molar-refractivity contribution is 9.09. The van der Waals surface area contributed by atoms with Crippen molar-refractivity contribution in [1.82, 2.24) is 5.32 Å². The summed E-state index contributed by atoms with van der Waals surface area (Å²) < 4.78 is 0. The molecule has 2 unspecified atom stereocenters. The van der Waals surface area contributed by atoms with Gasteiger partial charge in [0, 0.05) is 17.3 Å². The molecule has 16 heavy (non-hydrogen) atoms. The second-order valence-electron chi connectivity index (χ2n) is 6.31. The van der Waals surface area contributed by atoms with Gasteiger partial charge in [0.05, 0.1) is 0 Å². The smallest absolute Gasteiger partial charge is 0.224 e. The third-order valence-electron chi connectivity index (χ3n) is 4.75. The van der Waals surface area contributed by atoms with Gasteiger partial charge in [0.15, 0.2) is 0 Å². The molecule has 1 aliphatic rings. The molecule has 2 nitrogen and oxygen atoms in total. The molecule has 1 rings (SSSR count). The van der Waals surface area contributed by atoms with Crippen LogP contribution in [0.3, 0.4) is 0 Å². The average Bonchev–Trinajstić information content (AvgIpc) is 2.55. The number of rotatable bonds is 4. The van der Waals surface area contributed by atoms with Gasteiger partial charge in [-0.05, 0) is 23.7 Å². The summed E-state index contributed by atoms with van der Waals surface area (Å²) in [5.41, 5.74) is 0.267. The quantitative estimate of drug-likeness (QED) is 0.791. The zero-order chi connectivity index (χ0) is 12.7. The third-order valence-corrected chi connectivity index (χ3v) is 5.77. The maximum atomic E-state index is 12.1. The van der Waals surface area contributed by atoms with Gasteiger partial charge in [0.2, 0.25) is 5.91 Å². The number of amides is 1. The summed E-state index contributed by atoms with van der Waals surface area (Å²) in [5.74, 6) is 0.842. The minimum absolute atomic E-state index is 0.133. The van der Waals surface area contributed by atoms with Gasteiger partial charge in [-0.3, -0.25) is 4.79 Å². The van der Waals surface area contributed by atoms with E-state index in [4.69, 9.17) is 0 Å². The molecule has 0 aromatic carbocycles. The molecular weight excluding hydrogens is 266 g/mol. The third kappa shape index (κ3) is 2.15. The highest BCUT2D eigenvalue weighted by Gasteiger charge is 2.68. The first kappa shape index (κ1) is 14.0. The van der Waals surface area contributed by atoms with Gasteiger partial charge < -0.3 is 5.32 Å². The molecule has 1 N–H and O–H groups in total. The summed E-state index contributed by atoms with van der Waals surface area (Å²) in [4.78, 5) is 12.1. The molecule has 1 saturated carbocycles. The van der Waals surface area contributed by atoms with Crippen molar-refractivity contribution in [2.45, 2.75) is 47.6 Å². The molecule has 0 heterocycles. The number of carbonyl (C=O) groups is 1. The van der Waals surface area contributed by atoms with E-state index in [0.29, 0.717) is 5.92 Å². The monoisotopic (exact) mass is 289 g/mol. The fourth-order valence-corrected chi connectivity index (χ4v) is 3.00. The van der Waals surface area contributed by atoms with Crippen LogP contribution in [0.15, 0.2) is 0 Å². The van der Waals surface area contributed by atoms with Crippen molar-refractivity contribution in [2.75, 3.05) is 5.33 Å². The maximum Gasteiger partial charge on any atom is 0.224 e. The van der Waals surface area contributed by atoms with Crippen LogP contribution in [0, 0.1) is 22.7 Å². The molecule has 0 bridgehead atoms. The van der Waals surface area contributed by atoms with Gasteiger partial charge in [0.1, 0.15) is 0 Å². The van der Waals surface area contributed by atoms with Crippen LogP contribution < -0.4 is 5.32 Å². The summed E-state index contributed by atoms with van der Waals surface area (Å²) in [5, 5.41) is 4.06. The number of hydrogen-bond acceptors (Lipinski definition) is 1. The Morgan fingerprint density at radius 2 is 1.69 bits per heavy atom. The normalized spacial score (nSPS) is 25.9. The molecule has 0 aromatic heterocycles. The second-order valence-corrected chi connectivity index (χ2v) is 6.95. The number of hydrogen-bond donors (Lipinski definition) is 1. The van der Waals surface area contributed by atoms with Crippen LogP contribution >= 0.6 is 15.9 Å². The van der Waals surface area contributed by atoms with E-state index in [-0.39, 0.29) is 28.7 Å². The second kappa shape index (κ2) is 4.32. The van der Waals surface area contributed by atoms with Crippen LogP contribution in [0.2, 0.25) is 0 Å². The summed E-state index contributed by atoms with van der Waals surface area (Å²) >= 11 is 3.45. The Morgan fingerprint density at radius 1 is 1.25 bits per heavy atom. The van der Waals surface area contributed by atoms with Crippen LogP contribution in [0.25, 0.3) is 0 Å². The zero-order valence-electron chi connectivity index (χ0n) is 11.2. The van der Waals surface area contributed by atoms with Crippen molar-refractivity contribution in [3.63, 3.8) is 0 Å². The number of halogens is 1. The predicted molar refractivity (Wildman–Crippen MR) is 71.6 cm³/mol. The molecule has 1 aliphatic carbocycles. The van der Waals surface area contributed by atoms with Gasteiger partial charge in [-0.2, -0.15) is 0 Å².